The molecule has 0 aromatic carbocycles. The Morgan fingerprint density at radius 3 is 2.68 bits per heavy atom. The number of halogens is 2. The molecule has 0 radical (unpaired) electrons. The van der Waals surface area contributed by atoms with E-state index in [1.165, 1.54) is 7.11 Å². The van der Waals surface area contributed by atoms with Crippen molar-refractivity contribution in [3.63, 3.8) is 0 Å². The van der Waals surface area contributed by atoms with Crippen molar-refractivity contribution in [2.45, 2.75) is 33.6 Å². The van der Waals surface area contributed by atoms with Crippen molar-refractivity contribution in [3.05, 3.63) is 57.6 Å². The molecular formula is C20H24Cl2N4O2. The van der Waals surface area contributed by atoms with Crippen LogP contribution in [0.25, 0.3) is 0 Å². The van der Waals surface area contributed by atoms with Crippen LogP contribution >= 0.6 is 23.2 Å². The third kappa shape index (κ3) is 6.46. The Hall–Kier alpha value is -2.18. The lowest BCUT2D eigenvalue weighted by Gasteiger charge is -2.11. The van der Waals surface area contributed by atoms with Gasteiger partial charge in [0.1, 0.15) is 30.8 Å². The summed E-state index contributed by atoms with van der Waals surface area (Å²) in [4.78, 5) is 19.2. The Labute approximate surface area is 175 Å². The number of hydrogen-bond acceptors (Lipinski definition) is 6. The van der Waals surface area contributed by atoms with E-state index >= 15 is 0 Å². The molecule has 0 aliphatic carbocycles. The van der Waals surface area contributed by atoms with E-state index in [2.05, 4.69) is 20.3 Å². The molecule has 0 atom stereocenters. The van der Waals surface area contributed by atoms with Crippen molar-refractivity contribution in [3.8, 4) is 0 Å². The Morgan fingerprint density at radius 2 is 2.00 bits per heavy atom. The average Bonchev–Trinajstić information content (AvgIpc) is 2.65. The number of rotatable bonds is 9. The van der Waals surface area contributed by atoms with Gasteiger partial charge in [0.15, 0.2) is 0 Å². The van der Waals surface area contributed by atoms with Gasteiger partial charge in [-0.3, -0.25) is 9.97 Å². The lowest BCUT2D eigenvalue weighted by atomic mass is 10.0. The summed E-state index contributed by atoms with van der Waals surface area (Å²) in [5.74, 6) is 0.104. The van der Waals surface area contributed by atoms with Crippen LogP contribution in [-0.2, 0) is 16.1 Å². The second-order valence-electron chi connectivity index (χ2n) is 6.43. The highest BCUT2D eigenvalue weighted by molar-refractivity contribution is 6.36. The van der Waals surface area contributed by atoms with E-state index in [0.717, 1.165) is 29.9 Å². The number of nitrogens with zero attached hydrogens (tertiary/aromatic N) is 4. The van der Waals surface area contributed by atoms with Crippen LogP contribution in [0.2, 0.25) is 10.0 Å². The lowest BCUT2D eigenvalue weighted by Crippen LogP contribution is -2.13. The van der Waals surface area contributed by atoms with Crippen LogP contribution in [0.4, 0.5) is 0 Å². The van der Waals surface area contributed by atoms with Gasteiger partial charge in [-0.25, -0.2) is 0 Å². The van der Waals surface area contributed by atoms with Gasteiger partial charge in [-0.15, -0.1) is 0 Å². The Morgan fingerprint density at radius 1 is 1.21 bits per heavy atom. The zero-order valence-electron chi connectivity index (χ0n) is 16.4. The molecule has 8 heteroatoms. The van der Waals surface area contributed by atoms with Crippen molar-refractivity contribution >= 4 is 34.6 Å². The molecule has 2 aromatic heterocycles. The standard InChI is InChI=1S/C20H24Cl2N4O2/c1-13(2)19(20-17(22)11-15(21)12-23-20)26-28-10-6-8-16-7-5-9-18(24-16)14(3)25-27-4/h5,7,9,11-13H,6,8,10H2,1-4H3. The quantitative estimate of drug-likeness (QED) is 0.317. The summed E-state index contributed by atoms with van der Waals surface area (Å²) in [6.07, 6.45) is 3.09. The molecule has 0 bridgehead atoms. The molecule has 0 saturated carbocycles. The minimum absolute atomic E-state index is 0.104. The Kier molecular flexibility index (Phi) is 8.67. The number of aromatic nitrogens is 2. The Bertz CT molecular complexity index is 854. The first-order valence-corrected chi connectivity index (χ1v) is 9.73. The zero-order chi connectivity index (χ0) is 20.5. The third-order valence-electron chi connectivity index (χ3n) is 3.83. The van der Waals surface area contributed by atoms with E-state index in [1.807, 2.05) is 39.0 Å². The second kappa shape index (κ2) is 11.0. The van der Waals surface area contributed by atoms with Crippen LogP contribution in [0.3, 0.4) is 0 Å². The highest BCUT2D eigenvalue weighted by Gasteiger charge is 2.15. The van der Waals surface area contributed by atoms with Crippen molar-refractivity contribution in [1.29, 1.82) is 0 Å². The van der Waals surface area contributed by atoms with Crippen LogP contribution in [0.15, 0.2) is 40.8 Å². The molecule has 2 rings (SSSR count). The van der Waals surface area contributed by atoms with Gasteiger partial charge in [0.25, 0.3) is 0 Å². The molecule has 2 heterocycles. The minimum atomic E-state index is 0.104. The molecule has 0 aliphatic heterocycles. The molecule has 0 spiro atoms. The molecule has 0 N–H and O–H groups in total. The van der Waals surface area contributed by atoms with E-state index in [9.17, 15) is 0 Å². The third-order valence-corrected chi connectivity index (χ3v) is 4.33. The van der Waals surface area contributed by atoms with Crippen LogP contribution in [0.5, 0.6) is 0 Å². The highest BCUT2D eigenvalue weighted by Crippen LogP contribution is 2.21. The maximum atomic E-state index is 6.24. The summed E-state index contributed by atoms with van der Waals surface area (Å²) in [5, 5.41) is 9.11. The van der Waals surface area contributed by atoms with E-state index < -0.39 is 0 Å². The van der Waals surface area contributed by atoms with Gasteiger partial charge in [0, 0.05) is 17.8 Å². The van der Waals surface area contributed by atoms with E-state index in [1.54, 1.807) is 12.3 Å². The summed E-state index contributed by atoms with van der Waals surface area (Å²) in [5.41, 5.74) is 3.77. The van der Waals surface area contributed by atoms with Gasteiger partial charge in [-0.2, -0.15) is 0 Å². The van der Waals surface area contributed by atoms with Crippen LogP contribution in [0.1, 0.15) is 44.3 Å². The van der Waals surface area contributed by atoms with E-state index in [4.69, 9.17) is 32.9 Å². The van der Waals surface area contributed by atoms with E-state index in [0.29, 0.717) is 28.1 Å². The minimum Gasteiger partial charge on any atom is -0.399 e. The fourth-order valence-corrected chi connectivity index (χ4v) is 2.94. The maximum absolute atomic E-state index is 6.24. The Balaban J connectivity index is 1.95. The first kappa shape index (κ1) is 22.1. The van der Waals surface area contributed by atoms with Crippen LogP contribution in [-0.4, -0.2) is 35.1 Å². The van der Waals surface area contributed by atoms with Gasteiger partial charge in [0.2, 0.25) is 0 Å². The van der Waals surface area contributed by atoms with Gasteiger partial charge >= 0.3 is 0 Å². The van der Waals surface area contributed by atoms with Crippen molar-refractivity contribution < 1.29 is 9.68 Å². The van der Waals surface area contributed by atoms with Gasteiger partial charge in [0.05, 0.1) is 15.7 Å². The molecule has 0 amide bonds. The second-order valence-corrected chi connectivity index (χ2v) is 7.27. The summed E-state index contributed by atoms with van der Waals surface area (Å²) in [6.45, 7) is 6.33. The van der Waals surface area contributed by atoms with Crippen molar-refractivity contribution in [2.24, 2.45) is 16.2 Å². The number of hydrogen-bond donors (Lipinski definition) is 0. The number of aryl methyl sites for hydroxylation is 1. The first-order chi connectivity index (χ1) is 13.4. The fraction of sp³-hybridized carbons (Fsp3) is 0.400. The largest absolute Gasteiger partial charge is 0.399 e. The smallest absolute Gasteiger partial charge is 0.117 e. The van der Waals surface area contributed by atoms with Gasteiger partial charge in [-0.05, 0) is 38.0 Å². The number of pyridine rings is 2. The van der Waals surface area contributed by atoms with Gasteiger partial charge < -0.3 is 9.68 Å². The molecule has 0 aliphatic rings. The monoisotopic (exact) mass is 422 g/mol. The molecule has 0 saturated heterocycles. The molecular weight excluding hydrogens is 399 g/mol. The molecule has 150 valence electrons. The predicted octanol–water partition coefficient (Wildman–Crippen LogP) is 5.16. The van der Waals surface area contributed by atoms with Gasteiger partial charge in [-0.1, -0.05) is 53.4 Å². The number of oxime groups is 2. The topological polar surface area (TPSA) is 69.0 Å². The molecule has 0 unspecified atom stereocenters. The maximum Gasteiger partial charge on any atom is 0.117 e. The molecule has 6 nitrogen and oxygen atoms in total. The lowest BCUT2D eigenvalue weighted by molar-refractivity contribution is 0.140. The molecule has 2 aromatic rings. The van der Waals surface area contributed by atoms with Crippen molar-refractivity contribution in [1.82, 2.24) is 9.97 Å². The molecule has 0 fully saturated rings. The summed E-state index contributed by atoms with van der Waals surface area (Å²) < 4.78 is 0. The van der Waals surface area contributed by atoms with E-state index in [-0.39, 0.29) is 5.92 Å². The summed E-state index contributed by atoms with van der Waals surface area (Å²) in [7, 11) is 1.52. The molecule has 28 heavy (non-hydrogen) atoms. The predicted molar refractivity (Wildman–Crippen MR) is 113 cm³/mol. The van der Waals surface area contributed by atoms with Crippen LogP contribution in [0, 0.1) is 5.92 Å². The highest BCUT2D eigenvalue weighted by atomic mass is 35.5. The van der Waals surface area contributed by atoms with Crippen LogP contribution < -0.4 is 0 Å². The average molecular weight is 423 g/mol. The SMILES string of the molecule is CON=C(C)c1cccc(CCCON=C(c2ncc(Cl)cc2Cl)C(C)C)n1. The van der Waals surface area contributed by atoms with Crippen molar-refractivity contribution in [2.75, 3.05) is 13.7 Å². The fourth-order valence-electron chi connectivity index (χ4n) is 2.46. The zero-order valence-corrected chi connectivity index (χ0v) is 18.0. The first-order valence-electron chi connectivity index (χ1n) is 8.97. The summed E-state index contributed by atoms with van der Waals surface area (Å²) >= 11 is 12.2. The normalized spacial score (nSPS) is 12.4. The summed E-state index contributed by atoms with van der Waals surface area (Å²) in [6, 6.07) is 7.48.